The van der Waals surface area contributed by atoms with Gasteiger partial charge in [-0.2, -0.15) is 0 Å². The maximum atomic E-state index is 11.4. The molecule has 0 N–H and O–H groups in total. The predicted molar refractivity (Wildman–Crippen MR) is 107 cm³/mol. The van der Waals surface area contributed by atoms with Gasteiger partial charge in [0.2, 0.25) is 0 Å². The topological polar surface area (TPSA) is 47.9 Å². The first kappa shape index (κ1) is 18.1. The number of halogens is 1. The fraction of sp³-hybridized carbons (Fsp3) is 0.364. The smallest absolute Gasteiger partial charge is 0.252 e. The lowest BCUT2D eigenvalue weighted by Gasteiger charge is -2.35. The molecule has 2 aromatic carbocycles. The first-order chi connectivity index (χ1) is 13.1. The highest BCUT2D eigenvalue weighted by Crippen LogP contribution is 2.44. The van der Waals surface area contributed by atoms with E-state index in [1.165, 1.54) is 18.4 Å². The molecule has 1 saturated carbocycles. The van der Waals surface area contributed by atoms with Gasteiger partial charge < -0.3 is 9.47 Å². The van der Waals surface area contributed by atoms with Gasteiger partial charge in [0.1, 0.15) is 0 Å². The van der Waals surface area contributed by atoms with Crippen LogP contribution in [-0.4, -0.2) is 31.2 Å². The minimum Gasteiger partial charge on any atom is -0.493 e. The number of benzene rings is 2. The number of fused-ring (bicyclic) bond motifs is 3. The van der Waals surface area contributed by atoms with Crippen molar-refractivity contribution >= 4 is 22.6 Å². The van der Waals surface area contributed by atoms with Crippen molar-refractivity contribution in [3.05, 3.63) is 58.7 Å². The third-order valence-electron chi connectivity index (χ3n) is 5.62. The standard InChI is InChI=1S/C22H22ClNO3/c1-26-19-11-16-15-5-3-4-6-18(15)24-21(17(16)12-20(19)27-2)13-7-9-14(10-8-13)22(23)25/h7-12,15,18H,3-6H2,1-2H3/t15-,18-/m1/s1. The highest BCUT2D eigenvalue weighted by Gasteiger charge is 2.34. The van der Waals surface area contributed by atoms with Crippen LogP contribution < -0.4 is 9.47 Å². The van der Waals surface area contributed by atoms with Crippen molar-refractivity contribution in [1.29, 1.82) is 0 Å². The van der Waals surface area contributed by atoms with Crippen molar-refractivity contribution in [2.45, 2.75) is 37.6 Å². The number of carbonyl (C=O) groups is 1. The lowest BCUT2D eigenvalue weighted by atomic mass is 9.75. The maximum absolute atomic E-state index is 11.4. The molecule has 0 spiro atoms. The third-order valence-corrected chi connectivity index (χ3v) is 5.84. The number of carbonyl (C=O) groups excluding carboxylic acids is 1. The van der Waals surface area contributed by atoms with Gasteiger partial charge in [0.05, 0.1) is 26.0 Å². The van der Waals surface area contributed by atoms with Crippen LogP contribution in [0, 0.1) is 0 Å². The molecule has 4 nitrogen and oxygen atoms in total. The molecule has 27 heavy (non-hydrogen) atoms. The molecule has 2 aliphatic rings. The molecule has 2 aromatic rings. The lowest BCUT2D eigenvalue weighted by molar-refractivity contribution is 0.108. The second-order valence-corrected chi connectivity index (χ2v) is 7.42. The number of aliphatic imine (C=N–C) groups is 1. The summed E-state index contributed by atoms with van der Waals surface area (Å²) in [5.41, 5.74) is 4.78. The molecule has 1 fully saturated rings. The molecule has 0 unspecified atom stereocenters. The summed E-state index contributed by atoms with van der Waals surface area (Å²) < 4.78 is 11.1. The highest BCUT2D eigenvalue weighted by atomic mass is 35.5. The average molecular weight is 384 g/mol. The van der Waals surface area contributed by atoms with E-state index in [1.54, 1.807) is 26.4 Å². The summed E-state index contributed by atoms with van der Waals surface area (Å²) in [5, 5.41) is -0.453. The highest BCUT2D eigenvalue weighted by molar-refractivity contribution is 6.67. The van der Waals surface area contributed by atoms with Gasteiger partial charge in [-0.1, -0.05) is 25.0 Å². The van der Waals surface area contributed by atoms with E-state index in [-0.39, 0.29) is 6.04 Å². The molecule has 1 aliphatic heterocycles. The zero-order valence-electron chi connectivity index (χ0n) is 15.5. The molecule has 1 aliphatic carbocycles. The fourth-order valence-electron chi connectivity index (χ4n) is 4.26. The zero-order chi connectivity index (χ0) is 19.0. The van der Waals surface area contributed by atoms with Gasteiger partial charge >= 0.3 is 0 Å². The molecule has 0 radical (unpaired) electrons. The summed E-state index contributed by atoms with van der Waals surface area (Å²) >= 11 is 5.59. The van der Waals surface area contributed by atoms with Crippen molar-refractivity contribution < 1.29 is 14.3 Å². The summed E-state index contributed by atoms with van der Waals surface area (Å²) in [4.78, 5) is 16.5. The Bertz CT molecular complexity index is 905. The number of nitrogens with zero attached hydrogens (tertiary/aromatic N) is 1. The Labute approximate surface area is 164 Å². The molecule has 0 bridgehead atoms. The maximum Gasteiger partial charge on any atom is 0.252 e. The first-order valence-electron chi connectivity index (χ1n) is 9.26. The van der Waals surface area contributed by atoms with E-state index in [0.717, 1.165) is 35.4 Å². The molecule has 4 rings (SSSR count). The molecule has 140 valence electrons. The average Bonchev–Trinajstić information content (AvgIpc) is 2.72. The Hall–Kier alpha value is -2.33. The van der Waals surface area contributed by atoms with Crippen LogP contribution in [0.15, 0.2) is 41.4 Å². The van der Waals surface area contributed by atoms with Crippen LogP contribution in [0.5, 0.6) is 11.5 Å². The van der Waals surface area contributed by atoms with Crippen molar-refractivity contribution in [3.63, 3.8) is 0 Å². The van der Waals surface area contributed by atoms with Crippen LogP contribution in [0.1, 0.15) is 58.6 Å². The third kappa shape index (κ3) is 3.23. The van der Waals surface area contributed by atoms with Crippen LogP contribution >= 0.6 is 11.6 Å². The van der Waals surface area contributed by atoms with Crippen LogP contribution in [0.25, 0.3) is 0 Å². The molecule has 2 atom stereocenters. The molecule has 5 heteroatoms. The second-order valence-electron chi connectivity index (χ2n) is 7.08. The Morgan fingerprint density at radius 2 is 1.70 bits per heavy atom. The van der Waals surface area contributed by atoms with E-state index in [4.69, 9.17) is 26.1 Å². The van der Waals surface area contributed by atoms with Crippen LogP contribution in [0.2, 0.25) is 0 Å². The summed E-state index contributed by atoms with van der Waals surface area (Å²) in [7, 11) is 3.32. The number of ether oxygens (including phenoxy) is 2. The molecular formula is C22H22ClNO3. The SMILES string of the molecule is COc1cc2c(cc1OC)[C@H]1CCCC[C@H]1N=C2c1ccc(C(=O)Cl)cc1. The van der Waals surface area contributed by atoms with E-state index >= 15 is 0 Å². The Morgan fingerprint density at radius 1 is 1.04 bits per heavy atom. The Morgan fingerprint density at radius 3 is 2.37 bits per heavy atom. The molecule has 0 aromatic heterocycles. The molecule has 0 saturated heterocycles. The quantitative estimate of drug-likeness (QED) is 0.701. The van der Waals surface area contributed by atoms with E-state index in [1.807, 2.05) is 18.2 Å². The minimum atomic E-state index is -0.453. The number of rotatable bonds is 4. The molecule has 0 amide bonds. The van der Waals surface area contributed by atoms with E-state index in [2.05, 4.69) is 6.07 Å². The molecular weight excluding hydrogens is 362 g/mol. The monoisotopic (exact) mass is 383 g/mol. The van der Waals surface area contributed by atoms with Crippen molar-refractivity contribution in [2.24, 2.45) is 4.99 Å². The van der Waals surface area contributed by atoms with Gasteiger partial charge in [0.25, 0.3) is 5.24 Å². The number of methoxy groups -OCH3 is 2. The van der Waals surface area contributed by atoms with Crippen molar-refractivity contribution in [3.8, 4) is 11.5 Å². The largest absolute Gasteiger partial charge is 0.493 e. The lowest BCUT2D eigenvalue weighted by Crippen LogP contribution is -2.29. The van der Waals surface area contributed by atoms with Gasteiger partial charge in [-0.25, -0.2) is 0 Å². The van der Waals surface area contributed by atoms with Crippen LogP contribution in [-0.2, 0) is 0 Å². The van der Waals surface area contributed by atoms with Crippen molar-refractivity contribution in [1.82, 2.24) is 0 Å². The van der Waals surface area contributed by atoms with Gasteiger partial charge in [0, 0.05) is 22.6 Å². The fourth-order valence-corrected chi connectivity index (χ4v) is 4.39. The normalized spacial score (nSPS) is 20.9. The summed E-state index contributed by atoms with van der Waals surface area (Å²) in [5.74, 6) is 1.87. The molecule has 1 heterocycles. The number of hydrogen-bond acceptors (Lipinski definition) is 4. The Kier molecular flexibility index (Phi) is 4.92. The Balaban J connectivity index is 1.86. The van der Waals surface area contributed by atoms with Crippen molar-refractivity contribution in [2.75, 3.05) is 14.2 Å². The predicted octanol–water partition coefficient (Wildman–Crippen LogP) is 4.96. The van der Waals surface area contributed by atoms with Crippen LogP contribution in [0.4, 0.5) is 0 Å². The van der Waals surface area contributed by atoms with Gasteiger partial charge in [0.15, 0.2) is 11.5 Å². The van der Waals surface area contributed by atoms with Gasteiger partial charge in [-0.05, 0) is 54.3 Å². The van der Waals surface area contributed by atoms with Crippen LogP contribution in [0.3, 0.4) is 0 Å². The summed E-state index contributed by atoms with van der Waals surface area (Å²) in [6, 6.07) is 11.8. The van der Waals surface area contributed by atoms with Gasteiger partial charge in [-0.3, -0.25) is 9.79 Å². The second kappa shape index (κ2) is 7.35. The van der Waals surface area contributed by atoms with E-state index < -0.39 is 5.24 Å². The summed E-state index contributed by atoms with van der Waals surface area (Å²) in [6.07, 6.45) is 4.68. The number of hydrogen-bond donors (Lipinski definition) is 0. The minimum absolute atomic E-state index is 0.286. The summed E-state index contributed by atoms with van der Waals surface area (Å²) in [6.45, 7) is 0. The van der Waals surface area contributed by atoms with Gasteiger partial charge in [-0.15, -0.1) is 0 Å². The first-order valence-corrected chi connectivity index (χ1v) is 9.64. The van der Waals surface area contributed by atoms with E-state index in [9.17, 15) is 4.79 Å². The van der Waals surface area contributed by atoms with E-state index in [0.29, 0.717) is 17.2 Å². The zero-order valence-corrected chi connectivity index (χ0v) is 16.3.